The second kappa shape index (κ2) is 13.9. The van der Waals surface area contributed by atoms with Gasteiger partial charge in [-0.2, -0.15) is 5.26 Å². The molecule has 0 aliphatic carbocycles. The largest absolute Gasteiger partial charge is 0.444 e. The molecule has 0 radical (unpaired) electrons. The molecular formula is C32H36N4O4. The summed E-state index contributed by atoms with van der Waals surface area (Å²) in [5, 5.41) is 15.3. The van der Waals surface area contributed by atoms with Gasteiger partial charge >= 0.3 is 6.09 Å². The van der Waals surface area contributed by atoms with E-state index in [1.165, 1.54) is 4.90 Å². The molecule has 3 aromatic rings. The van der Waals surface area contributed by atoms with Gasteiger partial charge < -0.3 is 20.3 Å². The average molecular weight is 541 g/mol. The number of carbonyl (C=O) groups excluding carboxylic acids is 3. The summed E-state index contributed by atoms with van der Waals surface area (Å²) >= 11 is 0. The number of nitriles is 1. The summed E-state index contributed by atoms with van der Waals surface area (Å²) in [4.78, 5) is 41.8. The SMILES string of the molecule is Cc1ccc(C(C(=O)NCc2ccccc2)N(CC#N)C(=O)C(Cc2ccccc2)NC(=O)OC(C)(C)C)cc1. The van der Waals surface area contributed by atoms with E-state index in [2.05, 4.69) is 10.6 Å². The number of aryl methyl sites for hydroxylation is 1. The molecule has 0 aliphatic heterocycles. The van der Waals surface area contributed by atoms with Crippen LogP contribution in [-0.2, 0) is 27.3 Å². The monoisotopic (exact) mass is 540 g/mol. The van der Waals surface area contributed by atoms with Crippen LogP contribution >= 0.6 is 0 Å². The van der Waals surface area contributed by atoms with Gasteiger partial charge in [-0.3, -0.25) is 9.59 Å². The zero-order valence-electron chi connectivity index (χ0n) is 23.4. The van der Waals surface area contributed by atoms with Crippen molar-refractivity contribution in [1.29, 1.82) is 5.26 Å². The number of rotatable bonds is 10. The van der Waals surface area contributed by atoms with E-state index >= 15 is 0 Å². The normalized spacial score (nSPS) is 12.4. The first-order chi connectivity index (χ1) is 19.1. The molecule has 0 saturated heterocycles. The summed E-state index contributed by atoms with van der Waals surface area (Å²) in [7, 11) is 0. The van der Waals surface area contributed by atoms with E-state index in [0.29, 0.717) is 5.56 Å². The quantitative estimate of drug-likeness (QED) is 0.358. The third kappa shape index (κ3) is 8.98. The number of nitrogens with one attached hydrogen (secondary N) is 2. The lowest BCUT2D eigenvalue weighted by molar-refractivity contribution is -0.141. The molecule has 2 N–H and O–H groups in total. The van der Waals surface area contributed by atoms with E-state index in [0.717, 1.165) is 16.7 Å². The molecule has 2 atom stereocenters. The molecule has 3 aromatic carbocycles. The van der Waals surface area contributed by atoms with Gasteiger partial charge in [0.05, 0.1) is 6.07 Å². The van der Waals surface area contributed by atoms with Crippen LogP contribution < -0.4 is 10.6 Å². The van der Waals surface area contributed by atoms with Gasteiger partial charge in [0.15, 0.2) is 0 Å². The maximum Gasteiger partial charge on any atom is 0.408 e. The Kier molecular flexibility index (Phi) is 10.4. The third-order valence-corrected chi connectivity index (χ3v) is 6.06. The number of carbonyl (C=O) groups is 3. The predicted molar refractivity (Wildman–Crippen MR) is 153 cm³/mol. The van der Waals surface area contributed by atoms with Crippen molar-refractivity contribution >= 4 is 17.9 Å². The zero-order valence-corrected chi connectivity index (χ0v) is 23.4. The number of benzene rings is 3. The molecule has 3 amide bonds. The Hall–Kier alpha value is -4.64. The molecule has 0 bridgehead atoms. The van der Waals surface area contributed by atoms with Crippen LogP contribution in [0, 0.1) is 18.3 Å². The van der Waals surface area contributed by atoms with Crippen molar-refractivity contribution in [2.75, 3.05) is 6.54 Å². The fourth-order valence-corrected chi connectivity index (χ4v) is 4.18. The minimum absolute atomic E-state index is 0.146. The van der Waals surface area contributed by atoms with Crippen molar-refractivity contribution in [2.24, 2.45) is 0 Å². The molecule has 40 heavy (non-hydrogen) atoms. The number of nitrogens with zero attached hydrogens (tertiary/aromatic N) is 2. The second-order valence-corrected chi connectivity index (χ2v) is 10.5. The van der Waals surface area contributed by atoms with Gasteiger partial charge in [0.2, 0.25) is 11.8 Å². The van der Waals surface area contributed by atoms with Crippen molar-refractivity contribution in [2.45, 2.75) is 58.3 Å². The first-order valence-corrected chi connectivity index (χ1v) is 13.2. The fourth-order valence-electron chi connectivity index (χ4n) is 4.18. The molecule has 0 aromatic heterocycles. The second-order valence-electron chi connectivity index (χ2n) is 10.5. The summed E-state index contributed by atoms with van der Waals surface area (Å²) in [6.45, 7) is 7.00. The van der Waals surface area contributed by atoms with Crippen molar-refractivity contribution in [3.8, 4) is 6.07 Å². The summed E-state index contributed by atoms with van der Waals surface area (Å²) in [5.74, 6) is -1.01. The highest BCUT2D eigenvalue weighted by Gasteiger charge is 2.36. The van der Waals surface area contributed by atoms with E-state index in [-0.39, 0.29) is 19.5 Å². The maximum atomic E-state index is 14.1. The molecule has 3 rings (SSSR count). The van der Waals surface area contributed by atoms with Crippen molar-refractivity contribution in [1.82, 2.24) is 15.5 Å². The molecule has 0 spiro atoms. The smallest absolute Gasteiger partial charge is 0.408 e. The molecule has 0 fully saturated rings. The van der Waals surface area contributed by atoms with Gasteiger partial charge in [0, 0.05) is 13.0 Å². The van der Waals surface area contributed by atoms with Crippen molar-refractivity contribution in [3.63, 3.8) is 0 Å². The molecule has 2 unspecified atom stereocenters. The van der Waals surface area contributed by atoms with Crippen LogP contribution in [0.3, 0.4) is 0 Å². The molecule has 0 heterocycles. The van der Waals surface area contributed by atoms with Gasteiger partial charge in [-0.05, 0) is 44.4 Å². The first kappa shape index (κ1) is 29.9. The maximum absolute atomic E-state index is 14.1. The number of hydrogen-bond acceptors (Lipinski definition) is 5. The number of amides is 3. The zero-order chi connectivity index (χ0) is 29.1. The topological polar surface area (TPSA) is 112 Å². The summed E-state index contributed by atoms with van der Waals surface area (Å²) in [6, 6.07) is 25.7. The van der Waals surface area contributed by atoms with E-state index in [1.807, 2.05) is 85.8 Å². The molecule has 8 nitrogen and oxygen atoms in total. The lowest BCUT2D eigenvalue weighted by atomic mass is 9.99. The molecule has 0 aliphatic rings. The Bertz CT molecular complexity index is 1310. The van der Waals surface area contributed by atoms with Crippen LogP contribution in [0.4, 0.5) is 4.79 Å². The molecule has 0 saturated carbocycles. The Labute approximate surface area is 236 Å². The first-order valence-electron chi connectivity index (χ1n) is 13.2. The van der Waals surface area contributed by atoms with Gasteiger partial charge in [-0.25, -0.2) is 4.79 Å². The Balaban J connectivity index is 1.97. The van der Waals surface area contributed by atoms with Crippen LogP contribution in [0.2, 0.25) is 0 Å². The van der Waals surface area contributed by atoms with Crippen LogP contribution in [0.15, 0.2) is 84.9 Å². The third-order valence-electron chi connectivity index (χ3n) is 6.06. The fraction of sp³-hybridized carbons (Fsp3) is 0.312. The minimum atomic E-state index is -1.10. The van der Waals surface area contributed by atoms with Gasteiger partial charge in [-0.15, -0.1) is 0 Å². The number of hydrogen-bond donors (Lipinski definition) is 2. The van der Waals surface area contributed by atoms with E-state index in [1.54, 1.807) is 32.9 Å². The Morgan fingerprint density at radius 3 is 2.02 bits per heavy atom. The van der Waals surface area contributed by atoms with Gasteiger partial charge in [0.1, 0.15) is 24.2 Å². The highest BCUT2D eigenvalue weighted by atomic mass is 16.6. The standard InChI is InChI=1S/C32H36N4O4/c1-23-15-17-26(18-16-23)28(29(37)34-22-25-13-9-6-10-14-25)36(20-19-33)30(38)27(21-24-11-7-5-8-12-24)35-31(39)40-32(2,3)4/h5-18,27-28H,20-22H2,1-4H3,(H,34,37)(H,35,39). The molecular weight excluding hydrogens is 504 g/mol. The lowest BCUT2D eigenvalue weighted by Crippen LogP contribution is -2.53. The van der Waals surface area contributed by atoms with Gasteiger partial charge in [-0.1, -0.05) is 90.5 Å². The lowest BCUT2D eigenvalue weighted by Gasteiger charge is -2.33. The van der Waals surface area contributed by atoms with Crippen LogP contribution in [0.25, 0.3) is 0 Å². The molecule has 208 valence electrons. The van der Waals surface area contributed by atoms with E-state index in [9.17, 15) is 19.6 Å². The molecule has 8 heteroatoms. The van der Waals surface area contributed by atoms with E-state index in [4.69, 9.17) is 4.74 Å². The summed E-state index contributed by atoms with van der Waals surface area (Å²) < 4.78 is 5.42. The number of ether oxygens (including phenoxy) is 1. The number of alkyl carbamates (subject to hydrolysis) is 1. The van der Waals surface area contributed by atoms with Crippen LogP contribution in [-0.4, -0.2) is 41.0 Å². The Morgan fingerprint density at radius 1 is 0.900 bits per heavy atom. The highest BCUT2D eigenvalue weighted by Crippen LogP contribution is 2.24. The van der Waals surface area contributed by atoms with Crippen molar-refractivity contribution < 1.29 is 19.1 Å². The van der Waals surface area contributed by atoms with Crippen molar-refractivity contribution in [3.05, 3.63) is 107 Å². The van der Waals surface area contributed by atoms with Crippen LogP contribution in [0.5, 0.6) is 0 Å². The minimum Gasteiger partial charge on any atom is -0.444 e. The van der Waals surface area contributed by atoms with Crippen LogP contribution in [0.1, 0.15) is 49.1 Å². The summed E-state index contributed by atoms with van der Waals surface area (Å²) in [5.41, 5.74) is 2.45. The van der Waals surface area contributed by atoms with E-state index < -0.39 is 35.6 Å². The average Bonchev–Trinajstić information content (AvgIpc) is 2.92. The summed E-state index contributed by atoms with van der Waals surface area (Å²) in [6.07, 6.45) is -0.619. The van der Waals surface area contributed by atoms with Gasteiger partial charge in [0.25, 0.3) is 0 Å². The predicted octanol–water partition coefficient (Wildman–Crippen LogP) is 4.84. The Morgan fingerprint density at radius 2 is 1.48 bits per heavy atom. The highest BCUT2D eigenvalue weighted by molar-refractivity contribution is 5.92.